The number of thioether (sulfide) groups is 1. The second-order valence-electron chi connectivity index (χ2n) is 5.58. The average molecular weight is 347 g/mol. The summed E-state index contributed by atoms with van der Waals surface area (Å²) in [6, 6.07) is 8.68. The molecule has 1 aromatic heterocycles. The lowest BCUT2D eigenvalue weighted by molar-refractivity contribution is -0.115. The molecule has 0 aliphatic heterocycles. The van der Waals surface area contributed by atoms with E-state index in [1.54, 1.807) is 26.2 Å². The maximum absolute atomic E-state index is 12.4. The summed E-state index contributed by atoms with van der Waals surface area (Å²) in [7, 11) is 1.55. The number of nitrogens with zero attached hydrogens (tertiary/aromatic N) is 1. The van der Waals surface area contributed by atoms with Gasteiger partial charge in [-0.2, -0.15) is 0 Å². The Morgan fingerprint density at radius 3 is 2.67 bits per heavy atom. The molecule has 1 aromatic carbocycles. The summed E-state index contributed by atoms with van der Waals surface area (Å²) in [5.74, 6) is 0.544. The van der Waals surface area contributed by atoms with E-state index in [4.69, 9.17) is 4.74 Å². The molecule has 2 aromatic rings. The highest BCUT2D eigenvalue weighted by molar-refractivity contribution is 8.00. The number of H-pyrrole nitrogens is 1. The highest BCUT2D eigenvalue weighted by Gasteiger charge is 2.18. The van der Waals surface area contributed by atoms with Crippen molar-refractivity contribution in [3.63, 3.8) is 0 Å². The van der Waals surface area contributed by atoms with E-state index in [0.717, 1.165) is 0 Å². The van der Waals surface area contributed by atoms with Gasteiger partial charge < -0.3 is 15.0 Å². The number of rotatable bonds is 6. The van der Waals surface area contributed by atoms with Crippen molar-refractivity contribution in [3.8, 4) is 5.75 Å². The van der Waals surface area contributed by atoms with Gasteiger partial charge in [-0.05, 0) is 25.0 Å². The number of hydrogen-bond acceptors (Lipinski definition) is 5. The number of carbonyl (C=O) groups excluding carboxylic acids is 1. The zero-order valence-electron chi connectivity index (χ0n) is 14.1. The zero-order valence-corrected chi connectivity index (χ0v) is 14.9. The van der Waals surface area contributed by atoms with Gasteiger partial charge in [0.15, 0.2) is 5.16 Å². The van der Waals surface area contributed by atoms with Crippen LogP contribution in [-0.4, -0.2) is 28.2 Å². The number of aromatic nitrogens is 2. The molecule has 0 aliphatic rings. The van der Waals surface area contributed by atoms with E-state index >= 15 is 0 Å². The van der Waals surface area contributed by atoms with Crippen molar-refractivity contribution < 1.29 is 9.53 Å². The molecule has 128 valence electrons. The number of methoxy groups -OCH3 is 1. The molecule has 1 heterocycles. The fraction of sp³-hybridized carbons (Fsp3) is 0.353. The summed E-state index contributed by atoms with van der Waals surface area (Å²) < 4.78 is 5.22. The van der Waals surface area contributed by atoms with E-state index in [1.165, 1.54) is 17.8 Å². The Kier molecular flexibility index (Phi) is 6.03. The smallest absolute Gasteiger partial charge is 0.251 e. The number of carbonyl (C=O) groups is 1. The third-order valence-corrected chi connectivity index (χ3v) is 4.34. The summed E-state index contributed by atoms with van der Waals surface area (Å²) in [4.78, 5) is 31.2. The fourth-order valence-electron chi connectivity index (χ4n) is 2.01. The van der Waals surface area contributed by atoms with Crippen LogP contribution < -0.4 is 15.6 Å². The molecule has 0 saturated heterocycles. The van der Waals surface area contributed by atoms with E-state index in [1.807, 2.05) is 26.0 Å². The lowest BCUT2D eigenvalue weighted by atomic mass is 10.1. The van der Waals surface area contributed by atoms with Crippen LogP contribution in [0.4, 0.5) is 5.69 Å². The molecule has 7 heteroatoms. The van der Waals surface area contributed by atoms with Gasteiger partial charge in [-0.1, -0.05) is 37.7 Å². The molecule has 0 radical (unpaired) electrons. The number of amides is 1. The maximum Gasteiger partial charge on any atom is 0.251 e. The molecule has 0 spiro atoms. The Bertz CT molecular complexity index is 774. The van der Waals surface area contributed by atoms with Gasteiger partial charge >= 0.3 is 0 Å². The van der Waals surface area contributed by atoms with E-state index in [-0.39, 0.29) is 17.4 Å². The molecule has 0 bridgehead atoms. The van der Waals surface area contributed by atoms with Crippen molar-refractivity contribution in [2.24, 2.45) is 0 Å². The van der Waals surface area contributed by atoms with Crippen LogP contribution in [0, 0.1) is 0 Å². The van der Waals surface area contributed by atoms with Gasteiger partial charge in [-0.3, -0.25) is 9.59 Å². The molecular weight excluding hydrogens is 326 g/mol. The first-order chi connectivity index (χ1) is 11.4. The quantitative estimate of drug-likeness (QED) is 0.620. The molecule has 0 saturated carbocycles. The van der Waals surface area contributed by atoms with Crippen molar-refractivity contribution in [1.29, 1.82) is 0 Å². The van der Waals surface area contributed by atoms with E-state index in [0.29, 0.717) is 22.3 Å². The molecule has 1 unspecified atom stereocenters. The number of para-hydroxylation sites is 2. The Morgan fingerprint density at radius 1 is 1.29 bits per heavy atom. The molecule has 24 heavy (non-hydrogen) atoms. The average Bonchev–Trinajstić information content (AvgIpc) is 2.54. The predicted molar refractivity (Wildman–Crippen MR) is 95.9 cm³/mol. The second kappa shape index (κ2) is 8.01. The number of nitrogens with one attached hydrogen (secondary N) is 2. The van der Waals surface area contributed by atoms with Crippen LogP contribution in [0.15, 0.2) is 40.3 Å². The van der Waals surface area contributed by atoms with Gasteiger partial charge in [0.1, 0.15) is 5.75 Å². The van der Waals surface area contributed by atoms with Gasteiger partial charge in [0.05, 0.1) is 23.7 Å². The normalized spacial score (nSPS) is 12.0. The minimum Gasteiger partial charge on any atom is -0.495 e. The lowest BCUT2D eigenvalue weighted by Crippen LogP contribution is -2.23. The van der Waals surface area contributed by atoms with E-state index in [9.17, 15) is 9.59 Å². The van der Waals surface area contributed by atoms with E-state index < -0.39 is 5.25 Å². The number of anilines is 1. The summed E-state index contributed by atoms with van der Waals surface area (Å²) in [5.41, 5.74) is 1.10. The monoisotopic (exact) mass is 347 g/mol. The number of aromatic amines is 1. The molecule has 1 atom stereocenters. The van der Waals surface area contributed by atoms with Gasteiger partial charge in [0.2, 0.25) is 5.91 Å². The van der Waals surface area contributed by atoms with Gasteiger partial charge in [-0.25, -0.2) is 4.98 Å². The number of ether oxygens (including phenoxy) is 1. The lowest BCUT2D eigenvalue weighted by Gasteiger charge is -2.14. The Balaban J connectivity index is 2.10. The standard InChI is InChI=1S/C17H21N3O3S/c1-10(2)13-9-15(21)20-17(19-13)24-11(3)16(22)18-12-7-5-6-8-14(12)23-4/h5-11H,1-4H3,(H,18,22)(H,19,20,21). The first kappa shape index (κ1) is 18.1. The predicted octanol–water partition coefficient (Wildman–Crippen LogP) is 3.02. The third-order valence-electron chi connectivity index (χ3n) is 3.35. The highest BCUT2D eigenvalue weighted by atomic mass is 32.2. The minimum atomic E-state index is -0.430. The Hall–Kier alpha value is -2.28. The summed E-state index contributed by atoms with van der Waals surface area (Å²) in [6.45, 7) is 5.69. The van der Waals surface area contributed by atoms with Crippen molar-refractivity contribution in [3.05, 3.63) is 46.4 Å². The molecule has 0 fully saturated rings. The largest absolute Gasteiger partial charge is 0.495 e. The van der Waals surface area contributed by atoms with E-state index in [2.05, 4.69) is 15.3 Å². The van der Waals surface area contributed by atoms with Gasteiger partial charge in [0, 0.05) is 6.07 Å². The van der Waals surface area contributed by atoms with Crippen molar-refractivity contribution >= 4 is 23.4 Å². The molecule has 2 N–H and O–H groups in total. The Morgan fingerprint density at radius 2 is 2.00 bits per heavy atom. The topological polar surface area (TPSA) is 84.1 Å². The summed E-state index contributed by atoms with van der Waals surface area (Å²) in [6.07, 6.45) is 0. The Labute approximate surface area is 145 Å². The number of benzene rings is 1. The number of hydrogen-bond donors (Lipinski definition) is 2. The van der Waals surface area contributed by atoms with Crippen LogP contribution in [0.25, 0.3) is 0 Å². The van der Waals surface area contributed by atoms with Crippen LogP contribution in [-0.2, 0) is 4.79 Å². The van der Waals surface area contributed by atoms with Crippen LogP contribution in [0.2, 0.25) is 0 Å². The molecule has 0 aliphatic carbocycles. The van der Waals surface area contributed by atoms with Crippen molar-refractivity contribution in [2.45, 2.75) is 37.1 Å². The molecule has 6 nitrogen and oxygen atoms in total. The molecular formula is C17H21N3O3S. The highest BCUT2D eigenvalue weighted by Crippen LogP contribution is 2.26. The van der Waals surface area contributed by atoms with Gasteiger partial charge in [-0.15, -0.1) is 0 Å². The maximum atomic E-state index is 12.4. The summed E-state index contributed by atoms with van der Waals surface area (Å²) >= 11 is 1.21. The first-order valence-electron chi connectivity index (χ1n) is 7.62. The SMILES string of the molecule is COc1ccccc1NC(=O)C(C)Sc1nc(C(C)C)cc(=O)[nH]1. The van der Waals surface area contributed by atoms with Crippen LogP contribution in [0.3, 0.4) is 0 Å². The van der Waals surface area contributed by atoms with Crippen molar-refractivity contribution in [1.82, 2.24) is 9.97 Å². The minimum absolute atomic E-state index is 0.143. The van der Waals surface area contributed by atoms with Crippen LogP contribution in [0.5, 0.6) is 5.75 Å². The first-order valence-corrected chi connectivity index (χ1v) is 8.50. The third kappa shape index (κ3) is 4.61. The van der Waals surface area contributed by atoms with Crippen molar-refractivity contribution in [2.75, 3.05) is 12.4 Å². The zero-order chi connectivity index (χ0) is 17.7. The van der Waals surface area contributed by atoms with Crippen LogP contribution in [0.1, 0.15) is 32.4 Å². The summed E-state index contributed by atoms with van der Waals surface area (Å²) in [5, 5.41) is 2.84. The second-order valence-corrected chi connectivity index (χ2v) is 6.91. The molecule has 1 amide bonds. The fourth-order valence-corrected chi connectivity index (χ4v) is 2.83. The molecule has 2 rings (SSSR count). The van der Waals surface area contributed by atoms with Gasteiger partial charge in [0.25, 0.3) is 5.56 Å². The van der Waals surface area contributed by atoms with Crippen LogP contribution >= 0.6 is 11.8 Å².